The van der Waals surface area contributed by atoms with Gasteiger partial charge < -0.3 is 29.7 Å². The third-order valence-electron chi connectivity index (χ3n) is 7.95. The van der Waals surface area contributed by atoms with E-state index in [9.17, 15) is 29.6 Å². The molecule has 0 atom stereocenters. The van der Waals surface area contributed by atoms with E-state index in [1.807, 2.05) is 0 Å². The molecule has 1 heterocycles. The van der Waals surface area contributed by atoms with Crippen LogP contribution in [0, 0.1) is 16.7 Å². The minimum atomic E-state index is -0.709. The lowest BCUT2D eigenvalue weighted by molar-refractivity contribution is -0.147. The second-order valence-electron chi connectivity index (χ2n) is 13.3. The molecule has 1 saturated heterocycles. The Hall–Kier alpha value is -5.84. The number of carbonyl (C=O) groups is 4. The summed E-state index contributed by atoms with van der Waals surface area (Å²) in [5.41, 5.74) is 0.369. The van der Waals surface area contributed by atoms with Crippen molar-refractivity contribution in [1.29, 1.82) is 10.8 Å². The number of rotatable bonds is 11. The Morgan fingerprint density at radius 1 is 0.774 bits per heavy atom. The van der Waals surface area contributed by atoms with E-state index in [1.54, 1.807) is 63.2 Å². The van der Waals surface area contributed by atoms with E-state index in [-0.39, 0.29) is 33.1 Å². The largest absolute Gasteiger partial charge is 0.457 e. The summed E-state index contributed by atoms with van der Waals surface area (Å²) in [5, 5.41) is 41.9. The standard InChI is InChI=1S/C37H45N7O9/c1-23(45)43(49)33(38)25-6-10-29(11-7-25)51-31-20-28(21-32(22-31)52-30-12-8-26(9-13-30)34(39)44(50)24(2)46)41-35(47)27-14-17-42(18-15-27)19-16-40-36(48)53-37(3,4)5/h6-13,20-22,27,38-39,49-50H,14-19H2,1-5H3,(H,40,48)(H,41,47). The summed E-state index contributed by atoms with van der Waals surface area (Å²) in [6.07, 6.45) is 0.760. The monoisotopic (exact) mass is 731 g/mol. The van der Waals surface area contributed by atoms with Gasteiger partial charge in [0, 0.05) is 67.9 Å². The maximum atomic E-state index is 13.4. The Labute approximate surface area is 307 Å². The summed E-state index contributed by atoms with van der Waals surface area (Å²) in [6.45, 7) is 10.1. The van der Waals surface area contributed by atoms with Crippen molar-refractivity contribution in [2.24, 2.45) is 5.92 Å². The van der Waals surface area contributed by atoms with Gasteiger partial charge in [0.2, 0.25) is 17.7 Å². The van der Waals surface area contributed by atoms with Gasteiger partial charge in [-0.1, -0.05) is 0 Å². The third kappa shape index (κ3) is 11.8. The fourth-order valence-corrected chi connectivity index (χ4v) is 5.25. The molecule has 0 aliphatic carbocycles. The van der Waals surface area contributed by atoms with Crippen molar-refractivity contribution < 1.29 is 43.8 Å². The zero-order valence-corrected chi connectivity index (χ0v) is 30.3. The van der Waals surface area contributed by atoms with Crippen molar-refractivity contribution in [3.05, 3.63) is 77.9 Å². The molecular formula is C37H45N7O9. The van der Waals surface area contributed by atoms with E-state index in [1.165, 1.54) is 24.3 Å². The lowest BCUT2D eigenvalue weighted by Crippen LogP contribution is -2.42. The van der Waals surface area contributed by atoms with Gasteiger partial charge in [-0.05, 0) is 95.2 Å². The zero-order chi connectivity index (χ0) is 38.9. The van der Waals surface area contributed by atoms with Crippen LogP contribution in [0.25, 0.3) is 0 Å². The molecule has 0 spiro atoms. The number of ether oxygens (including phenoxy) is 3. The zero-order valence-electron chi connectivity index (χ0n) is 30.3. The molecule has 53 heavy (non-hydrogen) atoms. The van der Waals surface area contributed by atoms with Gasteiger partial charge in [0.1, 0.15) is 28.6 Å². The van der Waals surface area contributed by atoms with Gasteiger partial charge in [-0.2, -0.15) is 10.1 Å². The second-order valence-corrected chi connectivity index (χ2v) is 13.3. The first-order chi connectivity index (χ1) is 25.0. The molecular weight excluding hydrogens is 686 g/mol. The number of benzene rings is 3. The first-order valence-electron chi connectivity index (χ1n) is 16.9. The topological polar surface area (TPSA) is 218 Å². The van der Waals surface area contributed by atoms with Crippen LogP contribution in [-0.4, -0.2) is 92.7 Å². The van der Waals surface area contributed by atoms with Crippen LogP contribution in [0.4, 0.5) is 10.5 Å². The summed E-state index contributed by atoms with van der Waals surface area (Å²) in [6, 6.07) is 17.1. The Balaban J connectivity index is 1.46. The van der Waals surface area contributed by atoms with E-state index in [0.717, 1.165) is 13.8 Å². The number of alkyl carbamates (subject to hydrolysis) is 1. The number of hydrogen-bond acceptors (Lipinski definition) is 12. The molecule has 1 fully saturated rings. The molecule has 1 aliphatic heterocycles. The number of piperidine rings is 1. The molecule has 0 unspecified atom stereocenters. The average molecular weight is 732 g/mol. The van der Waals surface area contributed by atoms with Crippen LogP contribution in [-0.2, 0) is 19.1 Å². The summed E-state index contributed by atoms with van der Waals surface area (Å²) < 4.78 is 17.4. The van der Waals surface area contributed by atoms with Crippen molar-refractivity contribution in [2.75, 3.05) is 31.5 Å². The quantitative estimate of drug-likeness (QED) is 0.0623. The predicted molar refractivity (Wildman–Crippen MR) is 194 cm³/mol. The van der Waals surface area contributed by atoms with Gasteiger partial charge in [-0.25, -0.2) is 4.79 Å². The van der Waals surface area contributed by atoms with Crippen molar-refractivity contribution in [3.63, 3.8) is 0 Å². The van der Waals surface area contributed by atoms with Gasteiger partial charge >= 0.3 is 6.09 Å². The smallest absolute Gasteiger partial charge is 0.407 e. The van der Waals surface area contributed by atoms with E-state index < -0.39 is 35.2 Å². The number of hydrogen-bond donors (Lipinski definition) is 6. The van der Waals surface area contributed by atoms with Crippen molar-refractivity contribution in [3.8, 4) is 23.0 Å². The number of carbonyl (C=O) groups excluding carboxylic acids is 4. The molecule has 282 valence electrons. The lowest BCUT2D eigenvalue weighted by atomic mass is 9.96. The molecule has 3 aromatic rings. The van der Waals surface area contributed by atoms with Crippen LogP contribution in [0.1, 0.15) is 58.6 Å². The van der Waals surface area contributed by atoms with E-state index in [4.69, 9.17) is 25.0 Å². The van der Waals surface area contributed by atoms with Gasteiger partial charge in [-0.3, -0.25) is 35.6 Å². The molecule has 0 bridgehead atoms. The first-order valence-corrected chi connectivity index (χ1v) is 16.9. The fraction of sp³-hybridized carbons (Fsp3) is 0.351. The number of amidine groups is 2. The Morgan fingerprint density at radius 2 is 1.23 bits per heavy atom. The van der Waals surface area contributed by atoms with Gasteiger partial charge in [0.15, 0.2) is 11.7 Å². The highest BCUT2D eigenvalue weighted by Crippen LogP contribution is 2.33. The molecule has 16 heteroatoms. The number of likely N-dealkylation sites (tertiary alicyclic amines) is 1. The Morgan fingerprint density at radius 3 is 1.64 bits per heavy atom. The number of nitrogens with one attached hydrogen (secondary N) is 4. The molecule has 3 aromatic carbocycles. The first kappa shape index (κ1) is 39.9. The van der Waals surface area contributed by atoms with Gasteiger partial charge in [-0.15, -0.1) is 0 Å². The molecule has 4 amide bonds. The normalized spacial score (nSPS) is 13.3. The van der Waals surface area contributed by atoms with Gasteiger partial charge in [0.05, 0.1) is 0 Å². The molecule has 16 nitrogen and oxygen atoms in total. The molecule has 6 N–H and O–H groups in total. The second kappa shape index (κ2) is 17.6. The summed E-state index contributed by atoms with van der Waals surface area (Å²) in [5.74, 6) is -1.33. The summed E-state index contributed by atoms with van der Waals surface area (Å²) >= 11 is 0. The lowest BCUT2D eigenvalue weighted by Gasteiger charge is -2.31. The molecule has 0 saturated carbocycles. The molecule has 1 aliphatic rings. The van der Waals surface area contributed by atoms with Crippen molar-refractivity contribution in [1.82, 2.24) is 20.3 Å². The summed E-state index contributed by atoms with van der Waals surface area (Å²) in [4.78, 5) is 50.5. The van der Waals surface area contributed by atoms with Crippen LogP contribution in [0.5, 0.6) is 23.0 Å². The van der Waals surface area contributed by atoms with Crippen LogP contribution in [0.15, 0.2) is 66.7 Å². The average Bonchev–Trinajstić information content (AvgIpc) is 3.10. The van der Waals surface area contributed by atoms with Gasteiger partial charge in [0.25, 0.3) is 0 Å². The molecule has 4 rings (SSSR count). The van der Waals surface area contributed by atoms with Crippen LogP contribution >= 0.6 is 0 Å². The van der Waals surface area contributed by atoms with Crippen LogP contribution in [0.3, 0.4) is 0 Å². The SMILES string of the molecule is CC(=O)N(O)C(=N)c1ccc(Oc2cc(NC(=O)C3CCN(CCNC(=O)OC(C)(C)C)CC3)cc(Oc3ccc(C(=N)N(O)C(C)=O)cc3)c2)cc1. The maximum Gasteiger partial charge on any atom is 0.407 e. The van der Waals surface area contributed by atoms with E-state index in [0.29, 0.717) is 67.7 Å². The fourth-order valence-electron chi connectivity index (χ4n) is 5.25. The maximum absolute atomic E-state index is 13.4. The minimum Gasteiger partial charge on any atom is -0.457 e. The minimum absolute atomic E-state index is 0.177. The highest BCUT2D eigenvalue weighted by Gasteiger charge is 2.26. The number of hydroxylamine groups is 4. The highest BCUT2D eigenvalue weighted by atomic mass is 16.6. The molecule has 0 aromatic heterocycles. The summed E-state index contributed by atoms with van der Waals surface area (Å²) in [7, 11) is 0. The number of amides is 4. The van der Waals surface area contributed by atoms with E-state index >= 15 is 0 Å². The Kier molecular flexibility index (Phi) is 13.3. The third-order valence-corrected chi connectivity index (χ3v) is 7.95. The van der Waals surface area contributed by atoms with Crippen LogP contribution in [0.2, 0.25) is 0 Å². The van der Waals surface area contributed by atoms with Crippen LogP contribution < -0.4 is 20.1 Å². The van der Waals surface area contributed by atoms with Crippen molar-refractivity contribution >= 4 is 41.2 Å². The number of anilines is 1. The van der Waals surface area contributed by atoms with Crippen molar-refractivity contribution in [2.45, 2.75) is 53.1 Å². The van der Waals surface area contributed by atoms with E-state index in [2.05, 4.69) is 15.5 Å². The molecule has 0 radical (unpaired) electrons. The predicted octanol–water partition coefficient (Wildman–Crippen LogP) is 5.57. The number of nitrogens with zero attached hydrogens (tertiary/aromatic N) is 3. The Bertz CT molecular complexity index is 1720. The highest BCUT2D eigenvalue weighted by molar-refractivity contribution is 6.05.